The lowest BCUT2D eigenvalue weighted by Gasteiger charge is -2.25. The van der Waals surface area contributed by atoms with E-state index in [1.165, 1.54) is 11.2 Å². The number of Topliss-reactive ketones (excluding diaryl/α,β-unsaturated/α-hetero) is 1. The van der Waals surface area contributed by atoms with Crippen LogP contribution in [0.3, 0.4) is 0 Å². The SMILES string of the molecule is CCCCCOc1ccc(C2C(=C(O)c3ccccc3)C(=O)C(=O)N2Cc2ccco2)cc1OC. The van der Waals surface area contributed by atoms with Crippen LogP contribution < -0.4 is 9.47 Å². The van der Waals surface area contributed by atoms with Gasteiger partial charge in [0, 0.05) is 5.56 Å². The molecule has 7 heteroatoms. The molecule has 182 valence electrons. The fourth-order valence-corrected chi connectivity index (χ4v) is 4.22. The Bertz CT molecular complexity index is 1200. The Balaban J connectivity index is 1.77. The molecule has 1 aromatic heterocycles. The van der Waals surface area contributed by atoms with Gasteiger partial charge in [-0.05, 0) is 36.2 Å². The maximum atomic E-state index is 13.2. The summed E-state index contributed by atoms with van der Waals surface area (Å²) in [6.07, 6.45) is 4.61. The van der Waals surface area contributed by atoms with Gasteiger partial charge in [0.1, 0.15) is 11.5 Å². The van der Waals surface area contributed by atoms with Crippen molar-refractivity contribution in [3.8, 4) is 11.5 Å². The molecule has 0 spiro atoms. The smallest absolute Gasteiger partial charge is 0.296 e. The molecule has 2 heterocycles. The Morgan fingerprint density at radius 2 is 1.83 bits per heavy atom. The number of hydrogen-bond donors (Lipinski definition) is 1. The monoisotopic (exact) mass is 475 g/mol. The van der Waals surface area contributed by atoms with E-state index in [1.807, 2.05) is 6.07 Å². The largest absolute Gasteiger partial charge is 0.507 e. The van der Waals surface area contributed by atoms with Gasteiger partial charge in [0.15, 0.2) is 11.5 Å². The zero-order valence-electron chi connectivity index (χ0n) is 19.9. The molecule has 1 aliphatic rings. The van der Waals surface area contributed by atoms with E-state index in [1.54, 1.807) is 61.7 Å². The third-order valence-corrected chi connectivity index (χ3v) is 6.00. The Hall–Kier alpha value is -4.00. The summed E-state index contributed by atoms with van der Waals surface area (Å²) >= 11 is 0. The van der Waals surface area contributed by atoms with Gasteiger partial charge in [-0.1, -0.05) is 56.2 Å². The number of rotatable bonds is 10. The Morgan fingerprint density at radius 3 is 2.51 bits per heavy atom. The lowest BCUT2D eigenvalue weighted by atomic mass is 9.95. The second kappa shape index (κ2) is 11.0. The summed E-state index contributed by atoms with van der Waals surface area (Å²) in [4.78, 5) is 27.7. The highest BCUT2D eigenvalue weighted by Crippen LogP contribution is 2.42. The standard InChI is InChI=1S/C28H29NO6/c1-3-4-8-15-35-22-14-13-20(17-23(22)33-2)25-24(26(30)19-10-6-5-7-11-19)27(31)28(32)29(25)18-21-12-9-16-34-21/h5-7,9-14,16-17,25,30H,3-4,8,15,18H2,1-2H3. The molecule has 7 nitrogen and oxygen atoms in total. The lowest BCUT2D eigenvalue weighted by molar-refractivity contribution is -0.140. The van der Waals surface area contributed by atoms with Gasteiger partial charge in [0.05, 0.1) is 38.1 Å². The quantitative estimate of drug-likeness (QED) is 0.181. The number of nitrogens with zero attached hydrogens (tertiary/aromatic N) is 1. The third kappa shape index (κ3) is 5.09. The fraction of sp³-hybridized carbons (Fsp3) is 0.286. The molecule has 35 heavy (non-hydrogen) atoms. The number of amides is 1. The van der Waals surface area contributed by atoms with Crippen LogP contribution in [-0.2, 0) is 16.1 Å². The molecule has 4 rings (SSSR count). The maximum absolute atomic E-state index is 13.2. The number of unbranched alkanes of at least 4 members (excludes halogenated alkanes) is 2. The molecule has 0 aliphatic carbocycles. The number of aliphatic hydroxyl groups excluding tert-OH is 1. The molecule has 1 atom stereocenters. The normalized spacial score (nSPS) is 17.1. The Kier molecular flexibility index (Phi) is 7.55. The van der Waals surface area contributed by atoms with E-state index < -0.39 is 17.7 Å². The first-order valence-electron chi connectivity index (χ1n) is 11.7. The molecule has 2 aromatic carbocycles. The minimum atomic E-state index is -0.830. The highest BCUT2D eigenvalue weighted by molar-refractivity contribution is 6.46. The maximum Gasteiger partial charge on any atom is 0.296 e. The zero-order chi connectivity index (χ0) is 24.8. The van der Waals surface area contributed by atoms with Gasteiger partial charge in [0.2, 0.25) is 0 Å². The molecule has 3 aromatic rings. The van der Waals surface area contributed by atoms with E-state index in [0.29, 0.717) is 35.0 Å². The third-order valence-electron chi connectivity index (χ3n) is 6.00. The molecule has 1 unspecified atom stereocenters. The van der Waals surface area contributed by atoms with Gasteiger partial charge in [-0.2, -0.15) is 0 Å². The molecule has 1 saturated heterocycles. The first kappa shape index (κ1) is 24.1. The van der Waals surface area contributed by atoms with Gasteiger partial charge in [-0.3, -0.25) is 9.59 Å². The fourth-order valence-electron chi connectivity index (χ4n) is 4.22. The van der Waals surface area contributed by atoms with Crippen molar-refractivity contribution in [3.05, 3.63) is 89.4 Å². The molecule has 0 radical (unpaired) electrons. The predicted octanol–water partition coefficient (Wildman–Crippen LogP) is 5.48. The second-order valence-corrected chi connectivity index (χ2v) is 8.34. The number of ether oxygens (including phenoxy) is 2. The molecule has 0 bridgehead atoms. The van der Waals surface area contributed by atoms with Crippen molar-refractivity contribution in [3.63, 3.8) is 0 Å². The summed E-state index contributed by atoms with van der Waals surface area (Å²) in [5.41, 5.74) is 1.09. The number of carbonyl (C=O) groups is 2. The number of aliphatic hydroxyl groups is 1. The molecule has 1 N–H and O–H groups in total. The van der Waals surface area contributed by atoms with Crippen molar-refractivity contribution in [1.29, 1.82) is 0 Å². The molecular weight excluding hydrogens is 446 g/mol. The summed E-state index contributed by atoms with van der Waals surface area (Å²) in [5.74, 6) is -0.0839. The number of ketones is 1. The van der Waals surface area contributed by atoms with Crippen LogP contribution >= 0.6 is 0 Å². The first-order valence-corrected chi connectivity index (χ1v) is 11.7. The van der Waals surface area contributed by atoms with E-state index in [0.717, 1.165) is 19.3 Å². The number of hydrogen-bond acceptors (Lipinski definition) is 6. The summed E-state index contributed by atoms with van der Waals surface area (Å²) in [7, 11) is 1.54. The number of likely N-dealkylation sites (tertiary alicyclic amines) is 1. The van der Waals surface area contributed by atoms with Crippen LogP contribution in [0.25, 0.3) is 5.76 Å². The average Bonchev–Trinajstić information content (AvgIpc) is 3.49. The molecule has 1 fully saturated rings. The van der Waals surface area contributed by atoms with Crippen molar-refractivity contribution in [1.82, 2.24) is 4.90 Å². The van der Waals surface area contributed by atoms with E-state index in [2.05, 4.69) is 6.92 Å². The van der Waals surface area contributed by atoms with Crippen LogP contribution in [0.15, 0.2) is 76.9 Å². The minimum Gasteiger partial charge on any atom is -0.507 e. The molecule has 0 saturated carbocycles. The topological polar surface area (TPSA) is 89.2 Å². The average molecular weight is 476 g/mol. The van der Waals surface area contributed by atoms with Gasteiger partial charge >= 0.3 is 0 Å². The van der Waals surface area contributed by atoms with Crippen molar-refractivity contribution in [2.24, 2.45) is 0 Å². The molecular formula is C28H29NO6. The van der Waals surface area contributed by atoms with Crippen LogP contribution in [0.2, 0.25) is 0 Å². The number of furan rings is 1. The highest BCUT2D eigenvalue weighted by atomic mass is 16.5. The number of carbonyl (C=O) groups excluding carboxylic acids is 2. The van der Waals surface area contributed by atoms with Crippen LogP contribution in [0.5, 0.6) is 11.5 Å². The van der Waals surface area contributed by atoms with Gasteiger partial charge < -0.3 is 23.9 Å². The van der Waals surface area contributed by atoms with E-state index in [9.17, 15) is 14.7 Å². The summed E-state index contributed by atoms with van der Waals surface area (Å²) < 4.78 is 16.9. The first-order chi connectivity index (χ1) is 17.0. The van der Waals surface area contributed by atoms with E-state index >= 15 is 0 Å². The van der Waals surface area contributed by atoms with Gasteiger partial charge in [-0.15, -0.1) is 0 Å². The highest BCUT2D eigenvalue weighted by Gasteiger charge is 2.46. The second-order valence-electron chi connectivity index (χ2n) is 8.34. The Morgan fingerprint density at radius 1 is 1.03 bits per heavy atom. The van der Waals surface area contributed by atoms with Gasteiger partial charge in [0.25, 0.3) is 11.7 Å². The van der Waals surface area contributed by atoms with Crippen molar-refractivity contribution in [2.45, 2.75) is 38.8 Å². The predicted molar refractivity (Wildman–Crippen MR) is 131 cm³/mol. The van der Waals surface area contributed by atoms with Crippen molar-refractivity contribution in [2.75, 3.05) is 13.7 Å². The van der Waals surface area contributed by atoms with Crippen molar-refractivity contribution >= 4 is 17.4 Å². The minimum absolute atomic E-state index is 0.0198. The summed E-state index contributed by atoms with van der Waals surface area (Å²) in [5, 5.41) is 11.1. The lowest BCUT2D eigenvalue weighted by Crippen LogP contribution is -2.29. The van der Waals surface area contributed by atoms with E-state index in [4.69, 9.17) is 13.9 Å². The van der Waals surface area contributed by atoms with Crippen molar-refractivity contribution < 1.29 is 28.6 Å². The van der Waals surface area contributed by atoms with Gasteiger partial charge in [-0.25, -0.2) is 0 Å². The molecule has 1 aliphatic heterocycles. The zero-order valence-corrected chi connectivity index (χ0v) is 19.9. The van der Waals surface area contributed by atoms with Crippen LogP contribution in [0.1, 0.15) is 49.1 Å². The number of methoxy groups -OCH3 is 1. The number of benzene rings is 2. The van der Waals surface area contributed by atoms with E-state index in [-0.39, 0.29) is 17.9 Å². The van der Waals surface area contributed by atoms with Crippen LogP contribution in [0.4, 0.5) is 0 Å². The summed E-state index contributed by atoms with van der Waals surface area (Å²) in [6, 6.07) is 16.7. The van der Waals surface area contributed by atoms with Crippen LogP contribution in [0, 0.1) is 0 Å². The van der Waals surface area contributed by atoms with Crippen LogP contribution in [-0.4, -0.2) is 35.4 Å². The Labute approximate surface area is 204 Å². The summed E-state index contributed by atoms with van der Waals surface area (Å²) in [6.45, 7) is 2.77. The molecule has 1 amide bonds.